The number of hydrogen-bond acceptors (Lipinski definition) is 5. The Morgan fingerprint density at radius 1 is 1.21 bits per heavy atom. The minimum absolute atomic E-state index is 0.0298. The minimum Gasteiger partial charge on any atom is -0.393 e. The van der Waals surface area contributed by atoms with Crippen LogP contribution < -0.4 is 4.18 Å². The number of benzene rings is 1. The lowest BCUT2D eigenvalue weighted by Gasteiger charge is -2.29. The largest absolute Gasteiger partial charge is 0.393 e. The predicted molar refractivity (Wildman–Crippen MR) is 72.5 cm³/mol. The SMILES string of the molecule is O=S(=O)(CCN1CCC(O)CC1)Oc1ccccc1. The van der Waals surface area contributed by atoms with Crippen molar-refractivity contribution in [3.05, 3.63) is 30.3 Å². The molecule has 0 unspecified atom stereocenters. The van der Waals surface area contributed by atoms with E-state index in [1.807, 2.05) is 4.90 Å². The molecule has 0 amide bonds. The zero-order valence-corrected chi connectivity index (χ0v) is 11.6. The van der Waals surface area contributed by atoms with Gasteiger partial charge in [0.1, 0.15) is 5.75 Å². The topological polar surface area (TPSA) is 66.8 Å². The smallest absolute Gasteiger partial charge is 0.310 e. The molecule has 0 radical (unpaired) electrons. The molecule has 6 heteroatoms. The number of aliphatic hydroxyl groups excluding tert-OH is 1. The molecule has 0 aromatic heterocycles. The molecule has 1 fully saturated rings. The van der Waals surface area contributed by atoms with Crippen molar-refractivity contribution in [3.63, 3.8) is 0 Å². The summed E-state index contributed by atoms with van der Waals surface area (Å²) in [6.45, 7) is 1.92. The summed E-state index contributed by atoms with van der Waals surface area (Å²) in [6.07, 6.45) is 1.17. The maximum absolute atomic E-state index is 11.8. The molecule has 0 spiro atoms. The van der Waals surface area contributed by atoms with Gasteiger partial charge in [-0.2, -0.15) is 8.42 Å². The molecule has 0 atom stereocenters. The van der Waals surface area contributed by atoms with Crippen molar-refractivity contribution in [1.29, 1.82) is 0 Å². The van der Waals surface area contributed by atoms with Crippen molar-refractivity contribution < 1.29 is 17.7 Å². The second-order valence-corrected chi connectivity index (χ2v) is 6.42. The lowest BCUT2D eigenvalue weighted by Crippen LogP contribution is -2.39. The van der Waals surface area contributed by atoms with Gasteiger partial charge in [0.05, 0.1) is 11.9 Å². The summed E-state index contributed by atoms with van der Waals surface area (Å²) in [5, 5.41) is 9.38. The summed E-state index contributed by atoms with van der Waals surface area (Å²) in [5.74, 6) is 0.314. The van der Waals surface area contributed by atoms with Crippen LogP contribution >= 0.6 is 0 Å². The van der Waals surface area contributed by atoms with Gasteiger partial charge in [-0.3, -0.25) is 0 Å². The van der Waals surface area contributed by atoms with Crippen LogP contribution in [0.5, 0.6) is 5.75 Å². The highest BCUT2D eigenvalue weighted by atomic mass is 32.2. The molecule has 0 saturated carbocycles. The molecule has 1 aromatic carbocycles. The van der Waals surface area contributed by atoms with Gasteiger partial charge in [0.25, 0.3) is 0 Å². The number of piperidine rings is 1. The summed E-state index contributed by atoms with van der Waals surface area (Å²) < 4.78 is 28.6. The van der Waals surface area contributed by atoms with Crippen molar-refractivity contribution in [2.45, 2.75) is 18.9 Å². The van der Waals surface area contributed by atoms with E-state index in [-0.39, 0.29) is 11.9 Å². The molecule has 106 valence electrons. The van der Waals surface area contributed by atoms with Crippen LogP contribution in [0.3, 0.4) is 0 Å². The molecule has 1 saturated heterocycles. The first-order valence-electron chi connectivity index (χ1n) is 6.43. The molecule has 0 aliphatic carbocycles. The second kappa shape index (κ2) is 6.36. The third kappa shape index (κ3) is 4.81. The molecule has 1 aliphatic heterocycles. The van der Waals surface area contributed by atoms with Crippen molar-refractivity contribution in [2.24, 2.45) is 0 Å². The summed E-state index contributed by atoms with van der Waals surface area (Å²) in [7, 11) is -3.55. The second-order valence-electron chi connectivity index (χ2n) is 4.73. The molecule has 1 aliphatic rings. The molecule has 0 bridgehead atoms. The number of hydrogen-bond donors (Lipinski definition) is 1. The van der Waals surface area contributed by atoms with Gasteiger partial charge < -0.3 is 14.2 Å². The van der Waals surface area contributed by atoms with E-state index in [0.717, 1.165) is 13.1 Å². The number of nitrogens with zero attached hydrogens (tertiary/aromatic N) is 1. The Balaban J connectivity index is 1.81. The average Bonchev–Trinajstić information content (AvgIpc) is 2.39. The van der Waals surface area contributed by atoms with Gasteiger partial charge in [0.2, 0.25) is 0 Å². The summed E-state index contributed by atoms with van der Waals surface area (Å²) in [4.78, 5) is 2.04. The van der Waals surface area contributed by atoms with Crippen LogP contribution in [0.25, 0.3) is 0 Å². The van der Waals surface area contributed by atoms with E-state index in [1.165, 1.54) is 0 Å². The quantitative estimate of drug-likeness (QED) is 0.813. The Morgan fingerprint density at radius 2 is 1.84 bits per heavy atom. The van der Waals surface area contributed by atoms with E-state index in [9.17, 15) is 13.5 Å². The van der Waals surface area contributed by atoms with Crippen molar-refractivity contribution in [2.75, 3.05) is 25.4 Å². The highest BCUT2D eigenvalue weighted by Gasteiger charge is 2.20. The van der Waals surface area contributed by atoms with Gasteiger partial charge in [0.15, 0.2) is 0 Å². The maximum atomic E-state index is 11.8. The summed E-state index contributed by atoms with van der Waals surface area (Å²) in [5.41, 5.74) is 0. The van der Waals surface area contributed by atoms with Crippen LogP contribution in [0.4, 0.5) is 0 Å². The van der Waals surface area contributed by atoms with E-state index in [4.69, 9.17) is 4.18 Å². The number of para-hydroxylation sites is 1. The van der Waals surface area contributed by atoms with Crippen LogP contribution in [-0.4, -0.2) is 49.9 Å². The Hall–Kier alpha value is -1.11. The molecule has 1 heterocycles. The molecular formula is C13H19NO4S. The molecule has 5 nitrogen and oxygen atoms in total. The Morgan fingerprint density at radius 3 is 2.47 bits per heavy atom. The van der Waals surface area contributed by atoms with Gasteiger partial charge in [-0.25, -0.2) is 0 Å². The number of rotatable bonds is 5. The fourth-order valence-electron chi connectivity index (χ4n) is 2.05. The Labute approximate surface area is 113 Å². The lowest BCUT2D eigenvalue weighted by molar-refractivity contribution is 0.0854. The van der Waals surface area contributed by atoms with Crippen LogP contribution in [0.15, 0.2) is 30.3 Å². The summed E-state index contributed by atoms with van der Waals surface area (Å²) in [6, 6.07) is 8.51. The first-order valence-corrected chi connectivity index (χ1v) is 8.00. The molecule has 1 aromatic rings. The molecular weight excluding hydrogens is 266 g/mol. The van der Waals surface area contributed by atoms with E-state index in [1.54, 1.807) is 30.3 Å². The van der Waals surface area contributed by atoms with Gasteiger partial charge in [-0.05, 0) is 25.0 Å². The van der Waals surface area contributed by atoms with Crippen LogP contribution in [0.1, 0.15) is 12.8 Å². The van der Waals surface area contributed by atoms with E-state index in [2.05, 4.69) is 0 Å². The fourth-order valence-corrected chi connectivity index (χ4v) is 3.02. The molecule has 1 N–H and O–H groups in total. The van der Waals surface area contributed by atoms with Crippen molar-refractivity contribution in [1.82, 2.24) is 4.90 Å². The molecule has 19 heavy (non-hydrogen) atoms. The van der Waals surface area contributed by atoms with Crippen LogP contribution in [0.2, 0.25) is 0 Å². The van der Waals surface area contributed by atoms with Crippen LogP contribution in [0, 0.1) is 0 Å². The van der Waals surface area contributed by atoms with Crippen molar-refractivity contribution in [3.8, 4) is 5.75 Å². The van der Waals surface area contributed by atoms with E-state index >= 15 is 0 Å². The Kier molecular flexibility index (Phi) is 4.79. The normalized spacial score (nSPS) is 18.4. The first-order chi connectivity index (χ1) is 9.05. The van der Waals surface area contributed by atoms with E-state index < -0.39 is 10.1 Å². The zero-order valence-electron chi connectivity index (χ0n) is 10.7. The van der Waals surface area contributed by atoms with Gasteiger partial charge in [-0.15, -0.1) is 0 Å². The highest BCUT2D eigenvalue weighted by Crippen LogP contribution is 2.13. The van der Waals surface area contributed by atoms with Gasteiger partial charge >= 0.3 is 10.1 Å². The maximum Gasteiger partial charge on any atom is 0.310 e. The Bertz CT molecular complexity index is 481. The molecule has 2 rings (SSSR count). The lowest BCUT2D eigenvalue weighted by atomic mass is 10.1. The minimum atomic E-state index is -3.55. The zero-order chi connectivity index (χ0) is 13.7. The van der Waals surface area contributed by atoms with Gasteiger partial charge in [0, 0.05) is 19.6 Å². The van der Waals surface area contributed by atoms with Crippen molar-refractivity contribution >= 4 is 10.1 Å². The third-order valence-corrected chi connectivity index (χ3v) is 4.31. The average molecular weight is 285 g/mol. The van der Waals surface area contributed by atoms with E-state index in [0.29, 0.717) is 25.1 Å². The fraction of sp³-hybridized carbons (Fsp3) is 0.538. The monoisotopic (exact) mass is 285 g/mol. The number of likely N-dealkylation sites (tertiary alicyclic amines) is 1. The summed E-state index contributed by atoms with van der Waals surface area (Å²) >= 11 is 0. The predicted octanol–water partition coefficient (Wildman–Crippen LogP) is 0.852. The number of aliphatic hydroxyl groups is 1. The standard InChI is InChI=1S/C13H19NO4S/c15-12-6-8-14(9-7-12)10-11-19(16,17)18-13-4-2-1-3-5-13/h1-5,12,15H,6-11H2. The third-order valence-electron chi connectivity index (χ3n) is 3.18. The van der Waals surface area contributed by atoms with Crippen LogP contribution in [-0.2, 0) is 10.1 Å². The van der Waals surface area contributed by atoms with Gasteiger partial charge in [-0.1, -0.05) is 18.2 Å². The first kappa shape index (κ1) is 14.3. The highest BCUT2D eigenvalue weighted by molar-refractivity contribution is 7.87.